The van der Waals surface area contributed by atoms with Gasteiger partial charge in [-0.05, 0) is 43.0 Å². The highest BCUT2D eigenvalue weighted by molar-refractivity contribution is 5.86. The lowest BCUT2D eigenvalue weighted by Gasteiger charge is -2.31. The third-order valence-corrected chi connectivity index (χ3v) is 5.58. The predicted molar refractivity (Wildman–Crippen MR) is 108 cm³/mol. The van der Waals surface area contributed by atoms with Crippen molar-refractivity contribution >= 4 is 11.0 Å². The van der Waals surface area contributed by atoms with E-state index in [2.05, 4.69) is 11.8 Å². The number of piperidine rings is 1. The van der Waals surface area contributed by atoms with Gasteiger partial charge in [0.15, 0.2) is 0 Å². The molecule has 1 aliphatic heterocycles. The van der Waals surface area contributed by atoms with Crippen LogP contribution in [0.4, 0.5) is 13.2 Å². The molecule has 158 valence electrons. The van der Waals surface area contributed by atoms with Crippen LogP contribution >= 0.6 is 0 Å². The molecule has 1 unspecified atom stereocenters. The number of benzene rings is 2. The van der Waals surface area contributed by atoms with Crippen LogP contribution in [0.3, 0.4) is 0 Å². The van der Waals surface area contributed by atoms with Gasteiger partial charge < -0.3 is 9.52 Å². The monoisotopic (exact) mass is 417 g/mol. The average molecular weight is 417 g/mol. The van der Waals surface area contributed by atoms with Crippen LogP contribution in [0.1, 0.15) is 31.1 Å². The summed E-state index contributed by atoms with van der Waals surface area (Å²) in [5.74, 6) is -1.06. The van der Waals surface area contributed by atoms with E-state index in [4.69, 9.17) is 4.42 Å². The van der Waals surface area contributed by atoms with Crippen LogP contribution in [0, 0.1) is 5.92 Å². The quantitative estimate of drug-likeness (QED) is 0.619. The Morgan fingerprint density at radius 1 is 1.17 bits per heavy atom. The van der Waals surface area contributed by atoms with Crippen molar-refractivity contribution in [2.24, 2.45) is 5.92 Å². The summed E-state index contributed by atoms with van der Waals surface area (Å²) in [4.78, 5) is 15.2. The van der Waals surface area contributed by atoms with Crippen molar-refractivity contribution in [3.05, 3.63) is 64.0 Å². The largest absolute Gasteiger partial charge is 0.507 e. The molecule has 1 aromatic heterocycles. The highest BCUT2D eigenvalue weighted by Gasteiger charge is 2.39. The van der Waals surface area contributed by atoms with Gasteiger partial charge in [-0.1, -0.05) is 37.3 Å². The second kappa shape index (κ2) is 7.80. The molecule has 0 radical (unpaired) electrons. The Kier molecular flexibility index (Phi) is 5.32. The highest BCUT2D eigenvalue weighted by Crippen LogP contribution is 2.39. The molecule has 0 saturated carbocycles. The van der Waals surface area contributed by atoms with Gasteiger partial charge >= 0.3 is 6.18 Å². The van der Waals surface area contributed by atoms with Crippen LogP contribution in [0.5, 0.6) is 5.75 Å². The molecule has 0 aliphatic carbocycles. The number of halogens is 3. The molecule has 4 nitrogen and oxygen atoms in total. The molecule has 0 bridgehead atoms. The molecular formula is C23H22F3NO3. The molecule has 0 spiro atoms. The number of phenolic OH excluding ortho intramolecular Hbond substituents is 1. The second-order valence-corrected chi connectivity index (χ2v) is 7.92. The van der Waals surface area contributed by atoms with Crippen molar-refractivity contribution in [1.29, 1.82) is 0 Å². The summed E-state index contributed by atoms with van der Waals surface area (Å²) in [6.07, 6.45) is -2.80. The highest BCUT2D eigenvalue weighted by atomic mass is 19.4. The molecule has 7 heteroatoms. The van der Waals surface area contributed by atoms with Crippen molar-refractivity contribution in [1.82, 2.24) is 4.90 Å². The Morgan fingerprint density at radius 3 is 2.57 bits per heavy atom. The molecular weight excluding hydrogens is 395 g/mol. The number of aromatic hydroxyl groups is 1. The Bertz CT molecular complexity index is 1120. The van der Waals surface area contributed by atoms with E-state index in [0.29, 0.717) is 5.92 Å². The lowest BCUT2D eigenvalue weighted by atomic mass is 9.98. The SMILES string of the molecule is CC1CCCN(Cc2c(O)ccc3c(=O)c(-c4ccccc4)c(C(F)(F)F)oc23)C1. The van der Waals surface area contributed by atoms with E-state index in [9.17, 15) is 23.1 Å². The van der Waals surface area contributed by atoms with Gasteiger partial charge in [0.05, 0.1) is 16.5 Å². The minimum absolute atomic E-state index is 0.0275. The summed E-state index contributed by atoms with van der Waals surface area (Å²) in [6.45, 7) is 3.88. The van der Waals surface area contributed by atoms with E-state index in [1.807, 2.05) is 0 Å². The minimum Gasteiger partial charge on any atom is -0.507 e. The maximum atomic E-state index is 13.9. The maximum Gasteiger partial charge on any atom is 0.450 e. The van der Waals surface area contributed by atoms with E-state index >= 15 is 0 Å². The topological polar surface area (TPSA) is 53.7 Å². The molecule has 2 heterocycles. The average Bonchev–Trinajstić information content (AvgIpc) is 2.70. The summed E-state index contributed by atoms with van der Waals surface area (Å²) >= 11 is 0. The summed E-state index contributed by atoms with van der Waals surface area (Å²) in [6, 6.07) is 10.4. The van der Waals surface area contributed by atoms with E-state index in [1.165, 1.54) is 24.3 Å². The van der Waals surface area contributed by atoms with Crippen molar-refractivity contribution in [3.63, 3.8) is 0 Å². The minimum atomic E-state index is -4.86. The van der Waals surface area contributed by atoms with Crippen molar-refractivity contribution in [3.8, 4) is 16.9 Å². The van der Waals surface area contributed by atoms with Crippen LogP contribution in [0.15, 0.2) is 51.7 Å². The second-order valence-electron chi connectivity index (χ2n) is 7.92. The number of nitrogens with zero attached hydrogens (tertiary/aromatic N) is 1. The Morgan fingerprint density at radius 2 is 1.90 bits per heavy atom. The van der Waals surface area contributed by atoms with Gasteiger partial charge in [-0.2, -0.15) is 13.2 Å². The molecule has 3 aromatic rings. The smallest absolute Gasteiger partial charge is 0.450 e. The number of fused-ring (bicyclic) bond motifs is 1. The van der Waals surface area contributed by atoms with Crippen molar-refractivity contribution in [2.45, 2.75) is 32.5 Å². The van der Waals surface area contributed by atoms with E-state index in [0.717, 1.165) is 25.9 Å². The van der Waals surface area contributed by atoms with Crippen LogP contribution in [-0.4, -0.2) is 23.1 Å². The van der Waals surface area contributed by atoms with Gasteiger partial charge in [-0.3, -0.25) is 9.69 Å². The summed E-state index contributed by atoms with van der Waals surface area (Å²) in [5, 5.41) is 10.4. The van der Waals surface area contributed by atoms with Gasteiger partial charge in [-0.25, -0.2) is 0 Å². The molecule has 0 amide bonds. The molecule has 2 aromatic carbocycles. The fourth-order valence-electron chi connectivity index (χ4n) is 4.18. The molecule has 30 heavy (non-hydrogen) atoms. The van der Waals surface area contributed by atoms with Crippen LogP contribution in [0.25, 0.3) is 22.1 Å². The summed E-state index contributed by atoms with van der Waals surface area (Å²) in [5.41, 5.74) is -1.13. The van der Waals surface area contributed by atoms with Crippen molar-refractivity contribution < 1.29 is 22.7 Å². The molecule has 1 atom stereocenters. The van der Waals surface area contributed by atoms with Gasteiger partial charge in [0.1, 0.15) is 11.3 Å². The van der Waals surface area contributed by atoms with Crippen molar-refractivity contribution in [2.75, 3.05) is 13.1 Å². The molecule has 1 N–H and O–H groups in total. The normalized spacial score (nSPS) is 18.1. The van der Waals surface area contributed by atoms with Crippen LogP contribution < -0.4 is 5.43 Å². The number of hydrogen-bond acceptors (Lipinski definition) is 4. The van der Waals surface area contributed by atoms with E-state index < -0.39 is 22.9 Å². The Balaban J connectivity index is 1.94. The number of hydrogen-bond donors (Lipinski definition) is 1. The van der Waals surface area contributed by atoms with Gasteiger partial charge in [0.25, 0.3) is 0 Å². The number of rotatable bonds is 3. The standard InChI is InChI=1S/C23H22F3NO3/c1-14-6-5-11-27(12-14)13-17-18(28)10-9-16-20(29)19(15-7-3-2-4-8-15)22(23(24,25)26)30-21(16)17/h2-4,7-10,14,28H,5-6,11-13H2,1H3. The molecule has 1 fully saturated rings. The first-order chi connectivity index (χ1) is 14.3. The Hall–Kier alpha value is -2.80. The van der Waals surface area contributed by atoms with Crippen LogP contribution in [0.2, 0.25) is 0 Å². The van der Waals surface area contributed by atoms with Gasteiger partial charge in [-0.15, -0.1) is 0 Å². The van der Waals surface area contributed by atoms with Crippen LogP contribution in [-0.2, 0) is 12.7 Å². The lowest BCUT2D eigenvalue weighted by Crippen LogP contribution is -2.33. The zero-order valence-electron chi connectivity index (χ0n) is 16.5. The first-order valence-corrected chi connectivity index (χ1v) is 9.92. The summed E-state index contributed by atoms with van der Waals surface area (Å²) in [7, 11) is 0. The molecule has 1 aliphatic rings. The Labute approximate surface area is 171 Å². The molecule has 4 rings (SSSR count). The number of alkyl halides is 3. The fraction of sp³-hybridized carbons (Fsp3) is 0.348. The van der Waals surface area contributed by atoms with E-state index in [-0.39, 0.29) is 34.4 Å². The zero-order valence-corrected chi connectivity index (χ0v) is 16.5. The zero-order chi connectivity index (χ0) is 21.5. The van der Waals surface area contributed by atoms with Gasteiger partial charge in [0.2, 0.25) is 11.2 Å². The maximum absolute atomic E-state index is 13.9. The third kappa shape index (κ3) is 3.81. The van der Waals surface area contributed by atoms with Gasteiger partial charge in [0, 0.05) is 13.1 Å². The fourth-order valence-corrected chi connectivity index (χ4v) is 4.18. The predicted octanol–water partition coefficient (Wildman–Crippen LogP) is 5.42. The number of likely N-dealkylation sites (tertiary alicyclic amines) is 1. The first kappa shape index (κ1) is 20.5. The third-order valence-electron chi connectivity index (χ3n) is 5.58. The lowest BCUT2D eigenvalue weighted by molar-refractivity contribution is -0.152. The first-order valence-electron chi connectivity index (χ1n) is 9.92. The summed E-state index contributed by atoms with van der Waals surface area (Å²) < 4.78 is 47.0. The molecule has 1 saturated heterocycles. The van der Waals surface area contributed by atoms with E-state index in [1.54, 1.807) is 18.2 Å². The number of phenols is 1.